The molecule has 8 nitrogen and oxygen atoms in total. The summed E-state index contributed by atoms with van der Waals surface area (Å²) < 4.78 is 6.13. The van der Waals surface area contributed by atoms with Gasteiger partial charge < -0.3 is 15.4 Å². The quantitative estimate of drug-likeness (QED) is 0.625. The van der Waals surface area contributed by atoms with Crippen LogP contribution in [0.1, 0.15) is 44.1 Å². The van der Waals surface area contributed by atoms with Crippen LogP contribution < -0.4 is 20.7 Å². The van der Waals surface area contributed by atoms with E-state index in [4.69, 9.17) is 4.74 Å². The van der Waals surface area contributed by atoms with E-state index >= 15 is 0 Å². The van der Waals surface area contributed by atoms with Gasteiger partial charge in [0, 0.05) is 18.7 Å². The number of carbonyl (C=O) groups is 3. The van der Waals surface area contributed by atoms with E-state index < -0.39 is 11.6 Å². The molecule has 1 unspecified atom stereocenters. The SMILES string of the molecule is O=C(CN1CCCC2(C1)NC(=O)NC2=O)NCc1ccccc1OC1CCCC1. The highest BCUT2D eigenvalue weighted by molar-refractivity contribution is 6.07. The van der Waals surface area contributed by atoms with Crippen molar-refractivity contribution in [1.29, 1.82) is 0 Å². The van der Waals surface area contributed by atoms with Crippen LogP contribution in [0.15, 0.2) is 24.3 Å². The van der Waals surface area contributed by atoms with E-state index in [1.54, 1.807) is 0 Å². The average Bonchev–Trinajstić information content (AvgIpc) is 3.29. The van der Waals surface area contributed by atoms with Crippen molar-refractivity contribution in [3.8, 4) is 5.75 Å². The van der Waals surface area contributed by atoms with Crippen molar-refractivity contribution in [2.45, 2.75) is 56.7 Å². The molecule has 3 N–H and O–H groups in total. The third-order valence-electron chi connectivity index (χ3n) is 6.00. The van der Waals surface area contributed by atoms with Crippen LogP contribution in [0.2, 0.25) is 0 Å². The van der Waals surface area contributed by atoms with E-state index in [-0.39, 0.29) is 24.5 Å². The zero-order valence-electron chi connectivity index (χ0n) is 16.5. The number of hydrogen-bond donors (Lipinski definition) is 3. The summed E-state index contributed by atoms with van der Waals surface area (Å²) in [5.74, 6) is 0.426. The van der Waals surface area contributed by atoms with Gasteiger partial charge in [0.2, 0.25) is 5.91 Å². The fourth-order valence-corrected chi connectivity index (χ4v) is 4.50. The summed E-state index contributed by atoms with van der Waals surface area (Å²) in [5, 5.41) is 8.00. The van der Waals surface area contributed by atoms with Crippen molar-refractivity contribution in [1.82, 2.24) is 20.9 Å². The number of urea groups is 1. The summed E-state index contributed by atoms with van der Waals surface area (Å²) in [6.45, 7) is 1.66. The number of amides is 4. The van der Waals surface area contributed by atoms with Crippen LogP contribution in [0.25, 0.3) is 0 Å². The molecular formula is C21H28N4O4. The smallest absolute Gasteiger partial charge is 0.322 e. The van der Waals surface area contributed by atoms with Gasteiger partial charge >= 0.3 is 6.03 Å². The van der Waals surface area contributed by atoms with Crippen molar-refractivity contribution in [2.24, 2.45) is 0 Å². The molecule has 3 aliphatic rings. The van der Waals surface area contributed by atoms with Crippen molar-refractivity contribution >= 4 is 17.8 Å². The van der Waals surface area contributed by atoms with Gasteiger partial charge in [-0.25, -0.2) is 4.79 Å². The fourth-order valence-electron chi connectivity index (χ4n) is 4.50. The first kappa shape index (κ1) is 19.7. The Morgan fingerprint density at radius 1 is 1.21 bits per heavy atom. The number of piperidine rings is 1. The van der Waals surface area contributed by atoms with Crippen molar-refractivity contribution in [3.05, 3.63) is 29.8 Å². The van der Waals surface area contributed by atoms with E-state index in [0.29, 0.717) is 19.5 Å². The Labute approximate surface area is 170 Å². The normalized spacial score (nSPS) is 25.1. The summed E-state index contributed by atoms with van der Waals surface area (Å²) in [5.41, 5.74) is 0.0578. The summed E-state index contributed by atoms with van der Waals surface area (Å²) in [4.78, 5) is 38.1. The van der Waals surface area contributed by atoms with Gasteiger partial charge in [-0.05, 0) is 51.1 Å². The van der Waals surface area contributed by atoms with Gasteiger partial charge in [0.05, 0.1) is 12.6 Å². The second-order valence-corrected chi connectivity index (χ2v) is 8.21. The highest BCUT2D eigenvalue weighted by Crippen LogP contribution is 2.27. The molecule has 2 saturated heterocycles. The third-order valence-corrected chi connectivity index (χ3v) is 6.00. The number of hydrogen-bond acceptors (Lipinski definition) is 5. The molecule has 2 aliphatic heterocycles. The highest BCUT2D eigenvalue weighted by Gasteiger charge is 2.48. The summed E-state index contributed by atoms with van der Waals surface area (Å²) in [6, 6.07) is 7.36. The van der Waals surface area contributed by atoms with Crippen LogP contribution >= 0.6 is 0 Å². The number of rotatable bonds is 6. The van der Waals surface area contributed by atoms with Gasteiger partial charge in [-0.3, -0.25) is 19.8 Å². The molecule has 0 aromatic heterocycles. The minimum atomic E-state index is -0.905. The van der Waals surface area contributed by atoms with E-state index in [0.717, 1.165) is 37.1 Å². The fraction of sp³-hybridized carbons (Fsp3) is 0.571. The second-order valence-electron chi connectivity index (χ2n) is 8.21. The predicted octanol–water partition coefficient (Wildman–Crippen LogP) is 1.30. The summed E-state index contributed by atoms with van der Waals surface area (Å²) >= 11 is 0. The molecule has 1 aliphatic carbocycles. The Hall–Kier alpha value is -2.61. The Morgan fingerprint density at radius 2 is 2.00 bits per heavy atom. The molecule has 156 valence electrons. The lowest BCUT2D eigenvalue weighted by atomic mass is 9.89. The van der Waals surface area contributed by atoms with Gasteiger partial charge in [-0.15, -0.1) is 0 Å². The molecule has 1 spiro atoms. The molecule has 0 radical (unpaired) electrons. The molecule has 4 rings (SSSR count). The highest BCUT2D eigenvalue weighted by atomic mass is 16.5. The van der Waals surface area contributed by atoms with E-state index in [2.05, 4.69) is 16.0 Å². The van der Waals surface area contributed by atoms with Crippen LogP contribution in [0, 0.1) is 0 Å². The molecule has 4 amide bonds. The largest absolute Gasteiger partial charge is 0.490 e. The molecule has 1 aromatic carbocycles. The second kappa shape index (κ2) is 8.41. The molecule has 2 heterocycles. The monoisotopic (exact) mass is 400 g/mol. The van der Waals surface area contributed by atoms with Crippen molar-refractivity contribution < 1.29 is 19.1 Å². The molecule has 0 bridgehead atoms. The van der Waals surface area contributed by atoms with Crippen LogP contribution in [0.4, 0.5) is 4.79 Å². The van der Waals surface area contributed by atoms with E-state index in [1.807, 2.05) is 29.2 Å². The first-order chi connectivity index (χ1) is 14.0. The van der Waals surface area contributed by atoms with Gasteiger partial charge in [0.25, 0.3) is 5.91 Å². The molecule has 1 aromatic rings. The number of carbonyl (C=O) groups excluding carboxylic acids is 3. The number of ether oxygens (including phenoxy) is 1. The number of para-hydroxylation sites is 1. The average molecular weight is 400 g/mol. The van der Waals surface area contributed by atoms with Crippen LogP contribution in [0.5, 0.6) is 5.75 Å². The lowest BCUT2D eigenvalue weighted by Crippen LogP contribution is -2.59. The predicted molar refractivity (Wildman–Crippen MR) is 106 cm³/mol. The maximum atomic E-state index is 12.5. The maximum absolute atomic E-state index is 12.5. The van der Waals surface area contributed by atoms with Crippen LogP contribution in [0.3, 0.4) is 0 Å². The number of likely N-dealkylation sites (tertiary alicyclic amines) is 1. The summed E-state index contributed by atoms with van der Waals surface area (Å²) in [7, 11) is 0. The van der Waals surface area contributed by atoms with Crippen molar-refractivity contribution in [3.63, 3.8) is 0 Å². The molecular weight excluding hydrogens is 372 g/mol. The molecule has 1 saturated carbocycles. The minimum absolute atomic E-state index is 0.109. The number of imide groups is 1. The molecule has 29 heavy (non-hydrogen) atoms. The standard InChI is InChI=1S/C21H28N4O4/c26-18(13-25-11-5-10-21(14-25)19(27)23-20(28)24-21)22-12-15-6-1-4-9-17(15)29-16-7-2-3-8-16/h1,4,6,9,16H,2-3,5,7-8,10-14H2,(H,22,26)(H2,23,24,27,28). The Bertz CT molecular complexity index is 793. The first-order valence-corrected chi connectivity index (χ1v) is 10.4. The zero-order chi connectivity index (χ0) is 20.3. The number of nitrogens with zero attached hydrogens (tertiary/aromatic N) is 1. The Morgan fingerprint density at radius 3 is 2.76 bits per heavy atom. The minimum Gasteiger partial charge on any atom is -0.490 e. The lowest BCUT2D eigenvalue weighted by Gasteiger charge is -2.37. The first-order valence-electron chi connectivity index (χ1n) is 10.4. The van der Waals surface area contributed by atoms with Gasteiger partial charge in [0.1, 0.15) is 11.3 Å². The Balaban J connectivity index is 1.30. The number of nitrogens with one attached hydrogen (secondary N) is 3. The molecule has 1 atom stereocenters. The van der Waals surface area contributed by atoms with E-state index in [1.165, 1.54) is 12.8 Å². The number of benzene rings is 1. The van der Waals surface area contributed by atoms with Crippen LogP contribution in [-0.4, -0.2) is 54.0 Å². The Kier molecular flexibility index (Phi) is 5.71. The van der Waals surface area contributed by atoms with Crippen LogP contribution in [-0.2, 0) is 16.1 Å². The third kappa shape index (κ3) is 4.53. The molecule has 3 fully saturated rings. The molecule has 8 heteroatoms. The van der Waals surface area contributed by atoms with E-state index in [9.17, 15) is 14.4 Å². The topological polar surface area (TPSA) is 99.8 Å². The van der Waals surface area contributed by atoms with Crippen molar-refractivity contribution in [2.75, 3.05) is 19.6 Å². The van der Waals surface area contributed by atoms with Gasteiger partial charge in [0.15, 0.2) is 0 Å². The lowest BCUT2D eigenvalue weighted by molar-refractivity contribution is -0.128. The maximum Gasteiger partial charge on any atom is 0.322 e. The zero-order valence-corrected chi connectivity index (χ0v) is 16.5. The van der Waals surface area contributed by atoms with Gasteiger partial charge in [-0.1, -0.05) is 18.2 Å². The summed E-state index contributed by atoms with van der Waals surface area (Å²) in [6.07, 6.45) is 6.19. The van der Waals surface area contributed by atoms with Gasteiger partial charge in [-0.2, -0.15) is 0 Å².